The van der Waals surface area contributed by atoms with E-state index in [4.69, 9.17) is 9.72 Å². The second-order valence-electron chi connectivity index (χ2n) is 6.94. The summed E-state index contributed by atoms with van der Waals surface area (Å²) < 4.78 is 6.33. The lowest BCUT2D eigenvalue weighted by molar-refractivity contribution is -0.0771. The number of para-hydroxylation sites is 1. The van der Waals surface area contributed by atoms with Crippen LogP contribution >= 0.6 is 11.3 Å². The van der Waals surface area contributed by atoms with Gasteiger partial charge in [0.05, 0.1) is 22.7 Å². The highest BCUT2D eigenvalue weighted by Crippen LogP contribution is 2.47. The van der Waals surface area contributed by atoms with Gasteiger partial charge < -0.3 is 10.1 Å². The van der Waals surface area contributed by atoms with Crippen molar-refractivity contribution < 1.29 is 4.74 Å². The third-order valence-corrected chi connectivity index (χ3v) is 6.70. The maximum Gasteiger partial charge on any atom is 0.126 e. The highest BCUT2D eigenvalue weighted by atomic mass is 32.1. The van der Waals surface area contributed by atoms with E-state index in [1.54, 1.807) is 0 Å². The van der Waals surface area contributed by atoms with Crippen molar-refractivity contribution in [2.45, 2.75) is 31.8 Å². The average Bonchev–Trinajstić information content (AvgIpc) is 3.08. The SMILES string of the molecule is Cc1nc(-c2cc3c(s2)C2(CCNCC2)OCC3)c2ccccc2n1. The number of nitrogens with one attached hydrogen (secondary N) is 1. The molecule has 0 aliphatic carbocycles. The Morgan fingerprint density at radius 3 is 2.88 bits per heavy atom. The molecule has 0 radical (unpaired) electrons. The van der Waals surface area contributed by atoms with Crippen molar-refractivity contribution in [3.05, 3.63) is 46.6 Å². The van der Waals surface area contributed by atoms with Crippen LogP contribution in [0.25, 0.3) is 21.5 Å². The van der Waals surface area contributed by atoms with Crippen LogP contribution in [0.15, 0.2) is 30.3 Å². The number of aryl methyl sites for hydroxylation is 1. The van der Waals surface area contributed by atoms with Crippen molar-refractivity contribution in [3.63, 3.8) is 0 Å². The maximum absolute atomic E-state index is 6.33. The monoisotopic (exact) mass is 351 g/mol. The largest absolute Gasteiger partial charge is 0.369 e. The zero-order chi connectivity index (χ0) is 16.9. The second kappa shape index (κ2) is 5.87. The van der Waals surface area contributed by atoms with Crippen LogP contribution in [0.1, 0.15) is 29.1 Å². The topological polar surface area (TPSA) is 47.0 Å². The molecule has 5 heteroatoms. The first-order chi connectivity index (χ1) is 12.3. The Balaban J connectivity index is 1.68. The van der Waals surface area contributed by atoms with E-state index in [1.807, 2.05) is 24.3 Å². The van der Waals surface area contributed by atoms with Crippen molar-refractivity contribution >= 4 is 22.2 Å². The standard InChI is InChI=1S/C20H21N3OS/c1-13-22-16-5-3-2-4-15(16)18(23-13)17-12-14-6-11-24-20(19(14)25-17)7-9-21-10-8-20/h2-5,12,21H,6-11H2,1H3. The Bertz CT molecular complexity index is 943. The molecule has 1 spiro atoms. The molecule has 0 unspecified atom stereocenters. The van der Waals surface area contributed by atoms with Crippen LogP contribution in [0.3, 0.4) is 0 Å². The van der Waals surface area contributed by atoms with E-state index < -0.39 is 0 Å². The Kier molecular flexibility index (Phi) is 3.62. The van der Waals surface area contributed by atoms with Gasteiger partial charge in [-0.2, -0.15) is 0 Å². The summed E-state index contributed by atoms with van der Waals surface area (Å²) in [7, 11) is 0. The van der Waals surface area contributed by atoms with Crippen LogP contribution in [0.2, 0.25) is 0 Å². The minimum atomic E-state index is -0.0837. The zero-order valence-corrected chi connectivity index (χ0v) is 15.2. The fourth-order valence-electron chi connectivity index (χ4n) is 4.12. The van der Waals surface area contributed by atoms with Gasteiger partial charge in [-0.25, -0.2) is 9.97 Å². The Morgan fingerprint density at radius 1 is 1.16 bits per heavy atom. The molecule has 5 rings (SSSR count). The molecule has 0 saturated carbocycles. The molecule has 2 aromatic heterocycles. The Morgan fingerprint density at radius 2 is 2.00 bits per heavy atom. The van der Waals surface area contributed by atoms with Gasteiger partial charge in [-0.05, 0) is 57.0 Å². The number of piperidine rings is 1. The molecule has 1 aromatic carbocycles. The van der Waals surface area contributed by atoms with Gasteiger partial charge in [0.1, 0.15) is 11.4 Å². The first-order valence-corrected chi connectivity index (χ1v) is 9.78. The molecule has 0 bridgehead atoms. The van der Waals surface area contributed by atoms with Gasteiger partial charge >= 0.3 is 0 Å². The van der Waals surface area contributed by atoms with Gasteiger partial charge in [0.25, 0.3) is 0 Å². The van der Waals surface area contributed by atoms with Crippen LogP contribution in [-0.4, -0.2) is 29.7 Å². The lowest BCUT2D eigenvalue weighted by atomic mass is 9.86. The van der Waals surface area contributed by atoms with Gasteiger partial charge in [-0.1, -0.05) is 18.2 Å². The molecule has 0 amide bonds. The first-order valence-electron chi connectivity index (χ1n) is 8.97. The quantitative estimate of drug-likeness (QED) is 0.724. The zero-order valence-electron chi connectivity index (χ0n) is 14.3. The molecule has 2 aliphatic heterocycles. The number of hydrogen-bond donors (Lipinski definition) is 1. The van der Waals surface area contributed by atoms with Crippen molar-refractivity contribution in [2.24, 2.45) is 0 Å². The summed E-state index contributed by atoms with van der Waals surface area (Å²) in [4.78, 5) is 12.1. The van der Waals surface area contributed by atoms with Crippen LogP contribution in [0, 0.1) is 6.92 Å². The smallest absolute Gasteiger partial charge is 0.126 e. The average molecular weight is 351 g/mol. The second-order valence-corrected chi connectivity index (χ2v) is 8.00. The van der Waals surface area contributed by atoms with E-state index >= 15 is 0 Å². The van der Waals surface area contributed by atoms with Crippen LogP contribution in [-0.2, 0) is 16.8 Å². The van der Waals surface area contributed by atoms with Crippen LogP contribution < -0.4 is 5.32 Å². The third-order valence-electron chi connectivity index (χ3n) is 5.33. The lowest BCUT2D eigenvalue weighted by Crippen LogP contribution is -2.43. The molecule has 25 heavy (non-hydrogen) atoms. The fraction of sp³-hybridized carbons (Fsp3) is 0.400. The number of ether oxygens (including phenoxy) is 1. The van der Waals surface area contributed by atoms with Gasteiger partial charge in [0, 0.05) is 10.3 Å². The van der Waals surface area contributed by atoms with Gasteiger partial charge in [-0.3, -0.25) is 0 Å². The number of hydrogen-bond acceptors (Lipinski definition) is 5. The predicted molar refractivity (Wildman–Crippen MR) is 101 cm³/mol. The number of nitrogens with zero attached hydrogens (tertiary/aromatic N) is 2. The fourth-order valence-corrected chi connectivity index (χ4v) is 5.54. The summed E-state index contributed by atoms with van der Waals surface area (Å²) in [5, 5.41) is 4.59. The minimum absolute atomic E-state index is 0.0837. The van der Waals surface area contributed by atoms with E-state index in [0.717, 1.165) is 61.4 Å². The summed E-state index contributed by atoms with van der Waals surface area (Å²) >= 11 is 1.87. The summed E-state index contributed by atoms with van der Waals surface area (Å²) in [5.41, 5.74) is 3.45. The van der Waals surface area contributed by atoms with Crippen LogP contribution in [0.5, 0.6) is 0 Å². The third kappa shape index (κ3) is 2.49. The van der Waals surface area contributed by atoms with Crippen molar-refractivity contribution in [1.82, 2.24) is 15.3 Å². The molecule has 128 valence electrons. The minimum Gasteiger partial charge on any atom is -0.369 e. The summed E-state index contributed by atoms with van der Waals surface area (Å²) in [6.07, 6.45) is 3.12. The Labute approximate surface area is 151 Å². The molecular weight excluding hydrogens is 330 g/mol. The molecule has 1 N–H and O–H groups in total. The van der Waals surface area contributed by atoms with E-state index in [0.29, 0.717) is 0 Å². The molecule has 1 fully saturated rings. The molecule has 3 aromatic rings. The van der Waals surface area contributed by atoms with Crippen molar-refractivity contribution in [3.8, 4) is 10.6 Å². The van der Waals surface area contributed by atoms with E-state index in [2.05, 4.69) is 34.6 Å². The summed E-state index contributed by atoms with van der Waals surface area (Å²) in [6, 6.07) is 10.6. The van der Waals surface area contributed by atoms with E-state index in [1.165, 1.54) is 15.3 Å². The normalized spacial score (nSPS) is 19.2. The van der Waals surface area contributed by atoms with E-state index in [-0.39, 0.29) is 5.60 Å². The molecular formula is C20H21N3OS. The molecule has 0 atom stereocenters. The van der Waals surface area contributed by atoms with Crippen LogP contribution in [0.4, 0.5) is 0 Å². The van der Waals surface area contributed by atoms with Crippen molar-refractivity contribution in [1.29, 1.82) is 0 Å². The molecule has 4 heterocycles. The number of benzene rings is 1. The molecule has 1 saturated heterocycles. The molecule has 4 nitrogen and oxygen atoms in total. The lowest BCUT2D eigenvalue weighted by Gasteiger charge is -2.40. The maximum atomic E-state index is 6.33. The first kappa shape index (κ1) is 15.4. The van der Waals surface area contributed by atoms with Gasteiger partial charge in [-0.15, -0.1) is 11.3 Å². The number of thiophene rings is 1. The number of rotatable bonds is 1. The van der Waals surface area contributed by atoms with Gasteiger partial charge in [0.2, 0.25) is 0 Å². The summed E-state index contributed by atoms with van der Waals surface area (Å²) in [5.74, 6) is 0.827. The van der Waals surface area contributed by atoms with Gasteiger partial charge in [0.15, 0.2) is 0 Å². The van der Waals surface area contributed by atoms with Crippen molar-refractivity contribution in [2.75, 3.05) is 19.7 Å². The number of fused-ring (bicyclic) bond motifs is 3. The predicted octanol–water partition coefficient (Wildman–Crippen LogP) is 3.82. The molecule has 2 aliphatic rings. The highest BCUT2D eigenvalue weighted by molar-refractivity contribution is 7.15. The number of aromatic nitrogens is 2. The Hall–Kier alpha value is -1.82. The van der Waals surface area contributed by atoms with E-state index in [9.17, 15) is 0 Å². The summed E-state index contributed by atoms with van der Waals surface area (Å²) in [6.45, 7) is 4.86. The highest BCUT2D eigenvalue weighted by Gasteiger charge is 2.40.